The number of hydrogen-bond donors (Lipinski definition) is 2. The van der Waals surface area contributed by atoms with E-state index >= 15 is 0 Å². The van der Waals surface area contributed by atoms with E-state index < -0.39 is 23.5 Å². The summed E-state index contributed by atoms with van der Waals surface area (Å²) >= 11 is 1.62. The fourth-order valence-corrected chi connectivity index (χ4v) is 2.52. The quantitative estimate of drug-likeness (QED) is 0.809. The molecular weight excluding hydrogens is 265 g/mol. The maximum atomic E-state index is 12.9. The highest BCUT2D eigenvalue weighted by atomic mass is 32.2. The van der Waals surface area contributed by atoms with E-state index in [2.05, 4.69) is 10.6 Å². The lowest BCUT2D eigenvalue weighted by Gasteiger charge is -2.22. The molecule has 98 valence electrons. The van der Waals surface area contributed by atoms with Crippen molar-refractivity contribution in [3.63, 3.8) is 0 Å². The number of halogens is 3. The lowest BCUT2D eigenvalue weighted by Crippen LogP contribution is -2.46. The summed E-state index contributed by atoms with van der Waals surface area (Å²) < 4.78 is 38.6. The van der Waals surface area contributed by atoms with Gasteiger partial charge in [-0.15, -0.1) is 0 Å². The van der Waals surface area contributed by atoms with Crippen LogP contribution in [0.2, 0.25) is 0 Å². The molecule has 1 aromatic rings. The third-order valence-corrected chi connectivity index (χ3v) is 3.55. The van der Waals surface area contributed by atoms with Gasteiger partial charge in [-0.25, -0.2) is 13.2 Å². The Labute approximate surface area is 106 Å². The number of anilines is 1. The van der Waals surface area contributed by atoms with Gasteiger partial charge >= 0.3 is 0 Å². The molecule has 1 fully saturated rings. The zero-order valence-corrected chi connectivity index (χ0v) is 10.1. The molecule has 1 amide bonds. The Morgan fingerprint density at radius 3 is 2.56 bits per heavy atom. The molecule has 1 aromatic carbocycles. The zero-order chi connectivity index (χ0) is 13.1. The van der Waals surface area contributed by atoms with E-state index in [0.29, 0.717) is 12.3 Å². The third kappa shape index (κ3) is 2.97. The largest absolute Gasteiger partial charge is 0.324 e. The molecule has 0 saturated carbocycles. The van der Waals surface area contributed by atoms with E-state index in [0.717, 1.165) is 17.9 Å². The maximum Gasteiger partial charge on any atom is 0.242 e. The Hall–Kier alpha value is -1.21. The number of amides is 1. The maximum absolute atomic E-state index is 12.9. The van der Waals surface area contributed by atoms with Gasteiger partial charge in [-0.1, -0.05) is 0 Å². The first-order valence-electron chi connectivity index (χ1n) is 5.34. The van der Waals surface area contributed by atoms with Crippen molar-refractivity contribution in [2.24, 2.45) is 0 Å². The molecule has 3 nitrogen and oxygen atoms in total. The fraction of sp³-hybridized carbons (Fsp3) is 0.364. The normalized spacial score (nSPS) is 19.6. The number of carbonyl (C=O) groups is 1. The zero-order valence-electron chi connectivity index (χ0n) is 9.30. The first kappa shape index (κ1) is 13.2. The van der Waals surface area contributed by atoms with Gasteiger partial charge in [0.2, 0.25) is 5.91 Å². The van der Waals surface area contributed by atoms with Crippen LogP contribution in [-0.4, -0.2) is 30.0 Å². The highest BCUT2D eigenvalue weighted by molar-refractivity contribution is 7.99. The van der Waals surface area contributed by atoms with Crippen molar-refractivity contribution in [3.05, 3.63) is 29.6 Å². The summed E-state index contributed by atoms with van der Waals surface area (Å²) in [6, 6.07) is 1.11. The van der Waals surface area contributed by atoms with Crippen molar-refractivity contribution in [2.45, 2.75) is 6.04 Å². The van der Waals surface area contributed by atoms with Crippen LogP contribution in [-0.2, 0) is 4.79 Å². The van der Waals surface area contributed by atoms with Crippen LogP contribution in [0.4, 0.5) is 18.9 Å². The molecule has 1 saturated heterocycles. The molecule has 2 rings (SSSR count). The Kier molecular flexibility index (Phi) is 4.13. The van der Waals surface area contributed by atoms with Crippen molar-refractivity contribution in [3.8, 4) is 0 Å². The molecule has 1 aliphatic heterocycles. The van der Waals surface area contributed by atoms with Crippen LogP contribution in [0, 0.1) is 17.5 Å². The van der Waals surface area contributed by atoms with Crippen LogP contribution >= 0.6 is 11.8 Å². The fourth-order valence-electron chi connectivity index (χ4n) is 1.59. The van der Waals surface area contributed by atoms with Crippen molar-refractivity contribution in [1.82, 2.24) is 5.32 Å². The summed E-state index contributed by atoms with van der Waals surface area (Å²) in [6.07, 6.45) is 0. The van der Waals surface area contributed by atoms with Gasteiger partial charge < -0.3 is 10.6 Å². The van der Waals surface area contributed by atoms with Gasteiger partial charge in [-0.3, -0.25) is 4.79 Å². The van der Waals surface area contributed by atoms with Crippen molar-refractivity contribution in [1.29, 1.82) is 0 Å². The first-order chi connectivity index (χ1) is 8.58. The topological polar surface area (TPSA) is 41.1 Å². The number of nitrogens with one attached hydrogen (secondary N) is 2. The summed E-state index contributed by atoms with van der Waals surface area (Å²) in [5, 5.41) is 5.34. The number of carbonyl (C=O) groups excluding carboxylic acids is 1. The molecular formula is C11H11F3N2OS. The van der Waals surface area contributed by atoms with Crippen LogP contribution in [0.15, 0.2) is 12.1 Å². The summed E-state index contributed by atoms with van der Waals surface area (Å²) in [5.41, 5.74) is -0.0891. The summed E-state index contributed by atoms with van der Waals surface area (Å²) in [4.78, 5) is 11.7. The molecule has 2 N–H and O–H groups in total. The number of hydrogen-bond acceptors (Lipinski definition) is 3. The van der Waals surface area contributed by atoms with Gasteiger partial charge in [-0.05, 0) is 0 Å². The van der Waals surface area contributed by atoms with Gasteiger partial charge in [0, 0.05) is 35.9 Å². The standard InChI is InChI=1S/C11H11F3N2OS/c12-7-3-6(4-8(13)10(7)14)16-11(17)9-5-18-2-1-15-9/h3-4,9,15H,1-2,5H2,(H,16,17). The highest BCUT2D eigenvalue weighted by Crippen LogP contribution is 2.18. The lowest BCUT2D eigenvalue weighted by atomic mass is 10.2. The second-order valence-corrected chi connectivity index (χ2v) is 4.97. The van der Waals surface area contributed by atoms with E-state index in [1.807, 2.05) is 0 Å². The van der Waals surface area contributed by atoms with E-state index in [4.69, 9.17) is 0 Å². The molecule has 18 heavy (non-hydrogen) atoms. The Morgan fingerprint density at radius 1 is 1.33 bits per heavy atom. The number of benzene rings is 1. The predicted octanol–water partition coefficient (Wildman–Crippen LogP) is 1.75. The summed E-state index contributed by atoms with van der Waals surface area (Å²) in [7, 11) is 0. The molecule has 0 aromatic heterocycles. The van der Waals surface area contributed by atoms with E-state index in [-0.39, 0.29) is 11.6 Å². The van der Waals surface area contributed by atoms with E-state index in [1.54, 1.807) is 11.8 Å². The molecule has 1 heterocycles. The van der Waals surface area contributed by atoms with Crippen LogP contribution < -0.4 is 10.6 Å². The second kappa shape index (κ2) is 5.62. The number of rotatable bonds is 2. The molecule has 0 radical (unpaired) electrons. The molecule has 7 heteroatoms. The molecule has 0 aliphatic carbocycles. The predicted molar refractivity (Wildman–Crippen MR) is 64.1 cm³/mol. The van der Waals surface area contributed by atoms with Crippen LogP contribution in [0.1, 0.15) is 0 Å². The first-order valence-corrected chi connectivity index (χ1v) is 6.50. The second-order valence-electron chi connectivity index (χ2n) is 3.82. The van der Waals surface area contributed by atoms with Crippen molar-refractivity contribution in [2.75, 3.05) is 23.4 Å². The van der Waals surface area contributed by atoms with E-state index in [9.17, 15) is 18.0 Å². The van der Waals surface area contributed by atoms with Gasteiger partial charge in [-0.2, -0.15) is 11.8 Å². The lowest BCUT2D eigenvalue weighted by molar-refractivity contribution is -0.117. The average molecular weight is 276 g/mol. The van der Waals surface area contributed by atoms with Crippen LogP contribution in [0.3, 0.4) is 0 Å². The average Bonchev–Trinajstić information content (AvgIpc) is 2.37. The number of thioether (sulfide) groups is 1. The van der Waals surface area contributed by atoms with Crippen molar-refractivity contribution >= 4 is 23.4 Å². The minimum Gasteiger partial charge on any atom is -0.324 e. The van der Waals surface area contributed by atoms with Gasteiger partial charge in [0.25, 0.3) is 0 Å². The monoisotopic (exact) mass is 276 g/mol. The minimum absolute atomic E-state index is 0.0891. The van der Waals surface area contributed by atoms with E-state index in [1.165, 1.54) is 0 Å². The third-order valence-electron chi connectivity index (χ3n) is 2.49. The molecule has 1 atom stereocenters. The van der Waals surface area contributed by atoms with Crippen LogP contribution in [0.5, 0.6) is 0 Å². The molecule has 0 bridgehead atoms. The van der Waals surface area contributed by atoms with Crippen molar-refractivity contribution < 1.29 is 18.0 Å². The Balaban J connectivity index is 2.06. The SMILES string of the molecule is O=C(Nc1cc(F)c(F)c(F)c1)C1CSCCN1. The van der Waals surface area contributed by atoms with Gasteiger partial charge in [0.05, 0.1) is 6.04 Å². The smallest absolute Gasteiger partial charge is 0.242 e. The molecule has 1 unspecified atom stereocenters. The summed E-state index contributed by atoms with van der Waals surface area (Å²) in [5.74, 6) is -3.05. The minimum atomic E-state index is -1.54. The molecule has 0 spiro atoms. The molecule has 1 aliphatic rings. The van der Waals surface area contributed by atoms with Gasteiger partial charge in [0.15, 0.2) is 17.5 Å². The highest BCUT2D eigenvalue weighted by Gasteiger charge is 2.21. The van der Waals surface area contributed by atoms with Crippen LogP contribution in [0.25, 0.3) is 0 Å². The Morgan fingerprint density at radius 2 is 2.00 bits per heavy atom. The van der Waals surface area contributed by atoms with Gasteiger partial charge in [0.1, 0.15) is 0 Å². The Bertz CT molecular complexity index is 441. The summed E-state index contributed by atoms with van der Waals surface area (Å²) in [6.45, 7) is 0.703.